The highest BCUT2D eigenvalue weighted by atomic mass is 31.2. The first-order chi connectivity index (χ1) is 19.7. The second-order valence-corrected chi connectivity index (χ2v) is 13.0. The molecule has 222 valence electrons. The smallest absolute Gasteiger partial charge is 0.459 e. The van der Waals surface area contributed by atoms with Gasteiger partial charge >= 0.3 is 19.4 Å². The first-order valence-electron chi connectivity index (χ1n) is 13.3. The highest BCUT2D eigenvalue weighted by Crippen LogP contribution is 2.47. The number of hydrogen-bond acceptors (Lipinski definition) is 8. The largest absolute Gasteiger partial charge is 0.464 e. The average molecular weight is 596 g/mol. The number of nitrogens with one attached hydrogen (secondary N) is 2. The number of benzene rings is 2. The molecule has 2 aromatic carbocycles. The van der Waals surface area contributed by atoms with E-state index in [-0.39, 0.29) is 17.8 Å². The van der Waals surface area contributed by atoms with E-state index in [0.717, 1.165) is 10.8 Å². The molecule has 1 aromatic heterocycles. The molecular weight excluding hydrogens is 561 g/mol. The number of aryl methyl sites for hydroxylation is 1. The van der Waals surface area contributed by atoms with Gasteiger partial charge in [-0.1, -0.05) is 57.0 Å². The zero-order chi connectivity index (χ0) is 30.7. The van der Waals surface area contributed by atoms with Gasteiger partial charge in [-0.2, -0.15) is 5.09 Å². The van der Waals surface area contributed by atoms with Gasteiger partial charge in [-0.15, -0.1) is 6.42 Å². The Balaban J connectivity index is 1.56. The van der Waals surface area contributed by atoms with Crippen LogP contribution in [0.15, 0.2) is 70.4 Å². The van der Waals surface area contributed by atoms with Crippen molar-refractivity contribution in [2.45, 2.75) is 52.5 Å². The van der Waals surface area contributed by atoms with Gasteiger partial charge in [0.25, 0.3) is 5.56 Å². The molecule has 2 N–H and O–H groups in total. The molecule has 0 aliphatic carbocycles. The molecule has 0 spiro atoms. The minimum Gasteiger partial charge on any atom is -0.464 e. The third-order valence-electron chi connectivity index (χ3n) is 6.27. The van der Waals surface area contributed by atoms with E-state index in [1.807, 2.05) is 45.0 Å². The number of H-pyrrole nitrogens is 1. The van der Waals surface area contributed by atoms with Crippen molar-refractivity contribution < 1.29 is 27.9 Å². The van der Waals surface area contributed by atoms with E-state index in [9.17, 15) is 18.9 Å². The third kappa shape index (κ3) is 7.46. The molecule has 11 nitrogen and oxygen atoms in total. The highest BCUT2D eigenvalue weighted by molar-refractivity contribution is 7.52. The molecule has 0 fully saturated rings. The van der Waals surface area contributed by atoms with Crippen LogP contribution < -0.4 is 20.9 Å². The van der Waals surface area contributed by atoms with Gasteiger partial charge in [0.05, 0.1) is 6.61 Å². The van der Waals surface area contributed by atoms with Crippen molar-refractivity contribution in [1.82, 2.24) is 14.6 Å². The van der Waals surface area contributed by atoms with Crippen LogP contribution in [0.25, 0.3) is 10.8 Å². The number of aromatic amines is 1. The summed E-state index contributed by atoms with van der Waals surface area (Å²) in [6, 6.07) is 11.6. The number of carbonyl (C=O) groups is 1. The summed E-state index contributed by atoms with van der Waals surface area (Å²) < 4.78 is 38.3. The van der Waals surface area contributed by atoms with Crippen LogP contribution in [0.2, 0.25) is 0 Å². The van der Waals surface area contributed by atoms with Crippen LogP contribution in [-0.4, -0.2) is 40.4 Å². The number of rotatable bonds is 10. The van der Waals surface area contributed by atoms with Crippen molar-refractivity contribution in [3.05, 3.63) is 87.2 Å². The molecule has 42 heavy (non-hydrogen) atoms. The van der Waals surface area contributed by atoms with E-state index < -0.39 is 49.4 Å². The number of fused-ring (bicyclic) bond motifs is 1. The molecule has 12 heteroatoms. The first kappa shape index (κ1) is 31.0. The predicted molar refractivity (Wildman–Crippen MR) is 158 cm³/mol. The zero-order valence-electron chi connectivity index (χ0n) is 24.1. The molecule has 0 amide bonds. The number of esters is 1. The second kappa shape index (κ2) is 12.1. The lowest BCUT2D eigenvalue weighted by molar-refractivity contribution is -0.148. The minimum absolute atomic E-state index is 0.151. The summed E-state index contributed by atoms with van der Waals surface area (Å²) in [4.78, 5) is 39.1. The van der Waals surface area contributed by atoms with E-state index in [1.54, 1.807) is 25.1 Å². The number of hydrogen-bond donors (Lipinski definition) is 2. The molecule has 0 radical (unpaired) electrons. The van der Waals surface area contributed by atoms with Crippen LogP contribution in [0.5, 0.6) is 5.75 Å². The zero-order valence-corrected chi connectivity index (χ0v) is 25.0. The Hall–Kier alpha value is -3.94. The van der Waals surface area contributed by atoms with Gasteiger partial charge in [-0.3, -0.25) is 23.7 Å². The van der Waals surface area contributed by atoms with E-state index in [4.69, 9.17) is 24.9 Å². The Kier molecular flexibility index (Phi) is 8.95. The number of nitrogens with zero attached hydrogens (tertiary/aromatic N) is 1. The van der Waals surface area contributed by atoms with E-state index in [1.165, 1.54) is 29.8 Å². The fourth-order valence-electron chi connectivity index (χ4n) is 4.00. The van der Waals surface area contributed by atoms with Crippen molar-refractivity contribution in [2.75, 3.05) is 13.2 Å². The van der Waals surface area contributed by atoms with Crippen LogP contribution in [0.3, 0.4) is 0 Å². The quantitative estimate of drug-likeness (QED) is 0.153. The van der Waals surface area contributed by atoms with Crippen LogP contribution in [0.4, 0.5) is 0 Å². The molecule has 0 saturated heterocycles. The Morgan fingerprint density at radius 3 is 2.64 bits per heavy atom. The van der Waals surface area contributed by atoms with Gasteiger partial charge in [-0.05, 0) is 54.3 Å². The number of terminal acetylenes is 1. The standard InChI is InChI=1S/C30H34N3O8P/c1-7-30(15-14-25(40-30)33-17-20(2)26(34)31-28(33)36)19-39-42(37,32-21(3)27(35)38-18-29(4,5)6)41-24-13-12-22-10-8-9-11-23(22)16-24/h1,8-17,21,25H,18-19H2,2-6H3,(H,32,37)(H,31,34,36)/t21-,25+,30-,42+/m0/s1. The van der Waals surface area contributed by atoms with Crippen molar-refractivity contribution in [1.29, 1.82) is 0 Å². The Bertz CT molecular complexity index is 1710. The van der Waals surface area contributed by atoms with Crippen molar-refractivity contribution >= 4 is 24.5 Å². The lowest BCUT2D eigenvalue weighted by Gasteiger charge is -2.28. The van der Waals surface area contributed by atoms with Crippen LogP contribution >= 0.6 is 7.75 Å². The maximum Gasteiger partial charge on any atom is 0.459 e. The van der Waals surface area contributed by atoms with Crippen LogP contribution in [0.1, 0.15) is 39.5 Å². The van der Waals surface area contributed by atoms with Crippen molar-refractivity contribution in [3.8, 4) is 18.1 Å². The summed E-state index contributed by atoms with van der Waals surface area (Å²) in [7, 11) is -4.29. The van der Waals surface area contributed by atoms with Gasteiger partial charge in [0, 0.05) is 11.8 Å². The van der Waals surface area contributed by atoms with Gasteiger partial charge in [0.1, 0.15) is 18.4 Å². The molecule has 3 aromatic rings. The Labute approximate surface area is 243 Å². The number of aromatic nitrogens is 2. The normalized spacial score (nSPS) is 20.5. The molecule has 0 bridgehead atoms. The molecule has 4 atom stereocenters. The molecule has 1 aliphatic rings. The Morgan fingerprint density at radius 1 is 1.24 bits per heavy atom. The van der Waals surface area contributed by atoms with Crippen molar-refractivity contribution in [3.63, 3.8) is 0 Å². The summed E-state index contributed by atoms with van der Waals surface area (Å²) >= 11 is 0. The monoisotopic (exact) mass is 595 g/mol. The molecule has 1 aliphatic heterocycles. The fourth-order valence-corrected chi connectivity index (χ4v) is 5.51. The van der Waals surface area contributed by atoms with Crippen molar-refractivity contribution in [2.24, 2.45) is 5.41 Å². The van der Waals surface area contributed by atoms with E-state index in [0.29, 0.717) is 5.56 Å². The summed E-state index contributed by atoms with van der Waals surface area (Å²) in [6.07, 6.45) is 9.20. The van der Waals surface area contributed by atoms with E-state index in [2.05, 4.69) is 16.0 Å². The molecule has 4 rings (SSSR count). The highest BCUT2D eigenvalue weighted by Gasteiger charge is 2.41. The lowest BCUT2D eigenvalue weighted by Crippen LogP contribution is -2.39. The van der Waals surface area contributed by atoms with E-state index >= 15 is 0 Å². The maximum absolute atomic E-state index is 14.1. The fraction of sp³-hybridized carbons (Fsp3) is 0.367. The second-order valence-electron chi connectivity index (χ2n) is 11.3. The van der Waals surface area contributed by atoms with Crippen LogP contribution in [-0.2, 0) is 23.4 Å². The summed E-state index contributed by atoms with van der Waals surface area (Å²) in [6.45, 7) is 8.46. The summed E-state index contributed by atoms with van der Waals surface area (Å²) in [5.41, 5.74) is -2.73. The van der Waals surface area contributed by atoms with Gasteiger partial charge in [0.15, 0.2) is 11.8 Å². The lowest BCUT2D eigenvalue weighted by atomic mass is 9.99. The molecule has 0 saturated carbocycles. The topological polar surface area (TPSA) is 138 Å². The maximum atomic E-state index is 14.1. The minimum atomic E-state index is -4.29. The Morgan fingerprint density at radius 2 is 1.95 bits per heavy atom. The number of ether oxygens (including phenoxy) is 2. The van der Waals surface area contributed by atoms with Gasteiger partial charge in [-0.25, -0.2) is 9.36 Å². The predicted octanol–water partition coefficient (Wildman–Crippen LogP) is 4.23. The molecule has 2 heterocycles. The third-order valence-corrected chi connectivity index (χ3v) is 7.90. The average Bonchev–Trinajstić information content (AvgIpc) is 3.37. The molecule has 0 unspecified atom stereocenters. The van der Waals surface area contributed by atoms with Gasteiger partial charge < -0.3 is 14.0 Å². The summed E-state index contributed by atoms with van der Waals surface area (Å²) in [5, 5.41) is 4.44. The first-order valence-corrected chi connectivity index (χ1v) is 14.8. The summed E-state index contributed by atoms with van der Waals surface area (Å²) in [5.74, 6) is 2.06. The molecular formula is C30H34N3O8P. The van der Waals surface area contributed by atoms with Crippen LogP contribution in [0, 0.1) is 24.7 Å². The van der Waals surface area contributed by atoms with Gasteiger partial charge in [0.2, 0.25) is 0 Å². The number of carbonyl (C=O) groups excluding carboxylic acids is 1. The SMILES string of the molecule is C#C[C@@]1(CO[P@](=O)(N[C@@H](C)C(=O)OCC(C)(C)C)Oc2ccc3ccccc3c2)C=C[C@H](n2cc(C)c(=O)[nH]c2=O)O1.